The molecule has 3 rings (SSSR count). The van der Waals surface area contributed by atoms with E-state index in [0.717, 1.165) is 39.8 Å². The van der Waals surface area contributed by atoms with Crippen molar-refractivity contribution in [1.82, 2.24) is 15.5 Å². The highest BCUT2D eigenvalue weighted by atomic mass is 79.9. The highest BCUT2D eigenvalue weighted by molar-refractivity contribution is 9.09. The zero-order valence-electron chi connectivity index (χ0n) is 15.8. The average Bonchev–Trinajstić information content (AvgIpc) is 3.08. The summed E-state index contributed by atoms with van der Waals surface area (Å²) in [4.78, 5) is 0. The topological polar surface area (TPSA) is 59.1 Å². The molecule has 7 heteroatoms. The van der Waals surface area contributed by atoms with Gasteiger partial charge in [0, 0.05) is 11.8 Å². The van der Waals surface area contributed by atoms with E-state index in [1.807, 2.05) is 36.6 Å². The normalized spacial score (nSPS) is 16.6. The molecule has 0 saturated carbocycles. The van der Waals surface area contributed by atoms with Crippen LogP contribution in [0, 0.1) is 0 Å². The van der Waals surface area contributed by atoms with E-state index in [4.69, 9.17) is 4.74 Å². The number of halogens is 1. The van der Waals surface area contributed by atoms with Gasteiger partial charge < -0.3 is 15.4 Å². The summed E-state index contributed by atoms with van der Waals surface area (Å²) in [6, 6.07) is 8.18. The van der Waals surface area contributed by atoms with Crippen molar-refractivity contribution in [3.63, 3.8) is 0 Å². The largest absolute Gasteiger partial charge is 0.465 e. The van der Waals surface area contributed by atoms with Gasteiger partial charge in [0.25, 0.3) is 0 Å². The first-order valence-corrected chi connectivity index (χ1v) is 11.0. The predicted octanol–water partition coefficient (Wildman–Crippen LogP) is 4.98. The summed E-state index contributed by atoms with van der Waals surface area (Å²) in [7, 11) is 0. The molecule has 0 spiro atoms. The molecular formula is C20H25BrN4OS. The van der Waals surface area contributed by atoms with E-state index in [9.17, 15) is 0 Å². The first-order valence-electron chi connectivity index (χ1n) is 9.01. The molecule has 0 amide bonds. The molecule has 0 radical (unpaired) electrons. The summed E-state index contributed by atoms with van der Waals surface area (Å²) in [5, 5.41) is 17.9. The fourth-order valence-corrected chi connectivity index (χ4v) is 3.82. The number of para-hydroxylation sites is 1. The zero-order valence-corrected chi connectivity index (χ0v) is 18.2. The second-order valence-electron chi connectivity index (χ2n) is 7.31. The molecule has 1 unspecified atom stereocenters. The lowest BCUT2D eigenvalue weighted by Gasteiger charge is -2.28. The van der Waals surface area contributed by atoms with Crippen LogP contribution < -0.4 is 15.4 Å². The van der Waals surface area contributed by atoms with E-state index in [1.165, 1.54) is 5.56 Å². The number of alkyl halides is 1. The Hall–Kier alpha value is -1.86. The molecule has 5 nitrogen and oxygen atoms in total. The minimum atomic E-state index is -0.312. The van der Waals surface area contributed by atoms with Crippen LogP contribution >= 0.6 is 27.3 Å². The van der Waals surface area contributed by atoms with Gasteiger partial charge in [0.2, 0.25) is 11.4 Å². The van der Waals surface area contributed by atoms with Gasteiger partial charge in [-0.05, 0) is 41.8 Å². The molecule has 0 saturated heterocycles. The maximum atomic E-state index is 6.33. The molecule has 1 aromatic carbocycles. The number of anilines is 1. The molecule has 2 aromatic rings. The van der Waals surface area contributed by atoms with Gasteiger partial charge in [-0.25, -0.2) is 0 Å². The van der Waals surface area contributed by atoms with E-state index in [-0.39, 0.29) is 11.6 Å². The molecule has 1 aliphatic heterocycles. The van der Waals surface area contributed by atoms with E-state index in [0.29, 0.717) is 0 Å². The lowest BCUT2D eigenvalue weighted by molar-refractivity contribution is 0.211. The molecule has 2 N–H and O–H groups in total. The fraction of sp³-hybridized carbons (Fsp3) is 0.400. The number of nitrogens with one attached hydrogen (secondary N) is 2. The fourth-order valence-electron chi connectivity index (χ4n) is 2.74. The van der Waals surface area contributed by atoms with Crippen LogP contribution in [0.2, 0.25) is 0 Å². The van der Waals surface area contributed by atoms with Gasteiger partial charge in [0.15, 0.2) is 0 Å². The Morgan fingerprint density at radius 2 is 2.07 bits per heavy atom. The minimum Gasteiger partial charge on any atom is -0.465 e. The molecule has 1 atom stereocenters. The van der Waals surface area contributed by atoms with E-state index in [2.05, 4.69) is 63.6 Å². The maximum absolute atomic E-state index is 6.33. The quantitative estimate of drug-likeness (QED) is 0.584. The van der Waals surface area contributed by atoms with Gasteiger partial charge in [-0.1, -0.05) is 66.2 Å². The van der Waals surface area contributed by atoms with Crippen molar-refractivity contribution in [2.45, 2.75) is 45.3 Å². The van der Waals surface area contributed by atoms with Crippen LogP contribution in [0.25, 0.3) is 0 Å². The number of rotatable bonds is 7. The maximum Gasteiger partial charge on any atom is 0.210 e. The standard InChI is InChI=1S/C20H25BrN4OS/c1-20(2,3)14-8-4-5-10-16(14)26-18-15(9-7-13-22-18)23-19-25-24-17(27-19)11-6-12-21/h4-5,7-10,13,18,22H,6,11-12H2,1-3H3,(H,23,25). The smallest absolute Gasteiger partial charge is 0.210 e. The van der Waals surface area contributed by atoms with Crippen molar-refractivity contribution in [2.75, 3.05) is 10.6 Å². The molecular weight excluding hydrogens is 424 g/mol. The van der Waals surface area contributed by atoms with Gasteiger partial charge in [-0.2, -0.15) is 0 Å². The lowest BCUT2D eigenvalue weighted by Crippen LogP contribution is -2.37. The number of aryl methyl sites for hydroxylation is 1. The van der Waals surface area contributed by atoms with Gasteiger partial charge in [0.05, 0.1) is 5.70 Å². The Balaban J connectivity index is 1.74. The summed E-state index contributed by atoms with van der Waals surface area (Å²) >= 11 is 5.03. The predicted molar refractivity (Wildman–Crippen MR) is 116 cm³/mol. The van der Waals surface area contributed by atoms with Crippen LogP contribution in [0.4, 0.5) is 5.13 Å². The summed E-state index contributed by atoms with van der Waals surface area (Å²) < 4.78 is 6.33. The van der Waals surface area contributed by atoms with Crippen molar-refractivity contribution in [2.24, 2.45) is 0 Å². The average molecular weight is 449 g/mol. The number of hydrogen-bond acceptors (Lipinski definition) is 6. The zero-order chi connectivity index (χ0) is 19.3. The Morgan fingerprint density at radius 1 is 1.26 bits per heavy atom. The molecule has 0 bridgehead atoms. The molecule has 0 fully saturated rings. The van der Waals surface area contributed by atoms with Crippen molar-refractivity contribution in [3.8, 4) is 5.75 Å². The van der Waals surface area contributed by atoms with E-state index >= 15 is 0 Å². The third-order valence-corrected chi connectivity index (χ3v) is 5.54. The Morgan fingerprint density at radius 3 is 2.85 bits per heavy atom. The molecule has 1 aromatic heterocycles. The number of benzene rings is 1. The number of aromatic nitrogens is 2. The molecule has 27 heavy (non-hydrogen) atoms. The number of ether oxygens (including phenoxy) is 1. The summed E-state index contributed by atoms with van der Waals surface area (Å²) in [6.07, 6.45) is 7.51. The SMILES string of the molecule is CC(C)(C)c1ccccc1OC1NC=CC=C1Nc1nnc(CCCBr)s1. The minimum absolute atomic E-state index is 0.00194. The summed E-state index contributed by atoms with van der Waals surface area (Å²) in [5.41, 5.74) is 2.08. The first kappa shape index (κ1) is 19.9. The lowest BCUT2D eigenvalue weighted by atomic mass is 9.86. The van der Waals surface area contributed by atoms with E-state index in [1.54, 1.807) is 11.3 Å². The summed E-state index contributed by atoms with van der Waals surface area (Å²) in [6.45, 7) is 6.57. The first-order chi connectivity index (χ1) is 13.0. The van der Waals surface area contributed by atoms with Crippen LogP contribution in [-0.2, 0) is 11.8 Å². The van der Waals surface area contributed by atoms with Crippen LogP contribution in [0.15, 0.2) is 48.3 Å². The van der Waals surface area contributed by atoms with Crippen LogP contribution in [0.5, 0.6) is 5.75 Å². The molecule has 1 aliphatic rings. The van der Waals surface area contributed by atoms with Crippen molar-refractivity contribution >= 4 is 32.4 Å². The van der Waals surface area contributed by atoms with Gasteiger partial charge >= 0.3 is 0 Å². The second kappa shape index (κ2) is 8.89. The third-order valence-electron chi connectivity index (χ3n) is 4.08. The number of nitrogens with zero attached hydrogens (tertiary/aromatic N) is 2. The van der Waals surface area contributed by atoms with E-state index < -0.39 is 0 Å². The number of hydrogen-bond donors (Lipinski definition) is 2. The summed E-state index contributed by atoms with van der Waals surface area (Å²) in [5.74, 6) is 0.876. The molecule has 0 aliphatic carbocycles. The molecule has 144 valence electrons. The molecule has 2 heterocycles. The van der Waals surface area contributed by atoms with Crippen LogP contribution in [-0.4, -0.2) is 21.8 Å². The van der Waals surface area contributed by atoms with Crippen molar-refractivity contribution in [1.29, 1.82) is 0 Å². The van der Waals surface area contributed by atoms with Crippen molar-refractivity contribution < 1.29 is 4.74 Å². The third kappa shape index (κ3) is 5.32. The Kier molecular flexibility index (Phi) is 6.55. The van der Waals surface area contributed by atoms with Crippen LogP contribution in [0.1, 0.15) is 37.8 Å². The van der Waals surface area contributed by atoms with Gasteiger partial charge in [0.1, 0.15) is 10.8 Å². The highest BCUT2D eigenvalue weighted by Crippen LogP contribution is 2.32. The van der Waals surface area contributed by atoms with Gasteiger partial charge in [-0.3, -0.25) is 0 Å². The van der Waals surface area contributed by atoms with Crippen LogP contribution in [0.3, 0.4) is 0 Å². The number of dihydropyridines is 1. The Labute approximate surface area is 173 Å². The number of allylic oxidation sites excluding steroid dienone is 2. The highest BCUT2D eigenvalue weighted by Gasteiger charge is 2.23. The van der Waals surface area contributed by atoms with Gasteiger partial charge in [-0.15, -0.1) is 10.2 Å². The monoisotopic (exact) mass is 448 g/mol. The van der Waals surface area contributed by atoms with Crippen molar-refractivity contribution in [3.05, 3.63) is 58.9 Å². The second-order valence-corrected chi connectivity index (χ2v) is 9.17. The Bertz CT molecular complexity index is 825.